The maximum absolute atomic E-state index is 6.31. The minimum atomic E-state index is -0.287. The number of nitrogens with zero attached hydrogens (tertiary/aromatic N) is 2. The largest absolute Gasteiger partial charge is 0.399 e. The molecule has 19 heavy (non-hydrogen) atoms. The smallest absolute Gasteiger partial charge is 0.111 e. The molecule has 1 aliphatic heterocycles. The fourth-order valence-electron chi connectivity index (χ4n) is 2.14. The van der Waals surface area contributed by atoms with Crippen molar-refractivity contribution in [2.24, 2.45) is 10.7 Å². The standard InChI is InChI=1S/C14H13BrN4/c15-9-2-1-3-11(6-9)19-8-18-13-5-4-10(16)7-12(13)14(19)17/h1-8,14H,16-17H2. The van der Waals surface area contributed by atoms with Crippen molar-refractivity contribution in [2.45, 2.75) is 6.17 Å². The number of aliphatic imine (C=N–C) groups is 1. The number of rotatable bonds is 1. The molecule has 1 heterocycles. The SMILES string of the molecule is Nc1ccc2c(c1)C(N)N(c1cccc(Br)c1)C=N2. The highest BCUT2D eigenvalue weighted by Gasteiger charge is 2.22. The van der Waals surface area contributed by atoms with E-state index in [1.807, 2.05) is 47.4 Å². The highest BCUT2D eigenvalue weighted by molar-refractivity contribution is 9.10. The lowest BCUT2D eigenvalue weighted by Crippen LogP contribution is -2.35. The Kier molecular flexibility index (Phi) is 3.00. The predicted octanol–water partition coefficient (Wildman–Crippen LogP) is 3.17. The molecule has 0 bridgehead atoms. The molecule has 0 aliphatic carbocycles. The van der Waals surface area contributed by atoms with Gasteiger partial charge in [-0.15, -0.1) is 0 Å². The van der Waals surface area contributed by atoms with Gasteiger partial charge in [0, 0.05) is 21.4 Å². The molecular weight excluding hydrogens is 304 g/mol. The topological polar surface area (TPSA) is 67.6 Å². The Bertz CT molecular complexity index is 654. The van der Waals surface area contributed by atoms with Crippen LogP contribution in [0.15, 0.2) is 51.9 Å². The molecule has 4 nitrogen and oxygen atoms in total. The molecule has 4 N–H and O–H groups in total. The number of anilines is 2. The third-order valence-corrected chi connectivity index (χ3v) is 3.59. The van der Waals surface area contributed by atoms with E-state index in [1.165, 1.54) is 0 Å². The second-order valence-electron chi connectivity index (χ2n) is 4.39. The van der Waals surface area contributed by atoms with Crippen LogP contribution in [0.4, 0.5) is 17.1 Å². The summed E-state index contributed by atoms with van der Waals surface area (Å²) in [7, 11) is 0. The number of hydrogen-bond donors (Lipinski definition) is 2. The molecule has 0 spiro atoms. The Labute approximate surface area is 119 Å². The van der Waals surface area contributed by atoms with Gasteiger partial charge in [-0.1, -0.05) is 22.0 Å². The van der Waals surface area contributed by atoms with Crippen LogP contribution in [0.5, 0.6) is 0 Å². The Morgan fingerprint density at radius 1 is 1.16 bits per heavy atom. The van der Waals surface area contributed by atoms with E-state index < -0.39 is 0 Å². The fraction of sp³-hybridized carbons (Fsp3) is 0.0714. The van der Waals surface area contributed by atoms with Gasteiger partial charge in [0.15, 0.2) is 0 Å². The van der Waals surface area contributed by atoms with Crippen LogP contribution in [-0.4, -0.2) is 6.34 Å². The van der Waals surface area contributed by atoms with Crippen LogP contribution in [0.25, 0.3) is 0 Å². The van der Waals surface area contributed by atoms with Crippen molar-refractivity contribution in [1.29, 1.82) is 0 Å². The van der Waals surface area contributed by atoms with Gasteiger partial charge in [-0.25, -0.2) is 4.99 Å². The van der Waals surface area contributed by atoms with Crippen LogP contribution in [0, 0.1) is 0 Å². The van der Waals surface area contributed by atoms with Crippen LogP contribution in [0.1, 0.15) is 11.7 Å². The summed E-state index contributed by atoms with van der Waals surface area (Å²) < 4.78 is 1.00. The number of nitrogens with two attached hydrogens (primary N) is 2. The third-order valence-electron chi connectivity index (χ3n) is 3.10. The number of benzene rings is 2. The monoisotopic (exact) mass is 316 g/mol. The summed E-state index contributed by atoms with van der Waals surface area (Å²) in [5.41, 5.74) is 15.6. The molecule has 1 aliphatic rings. The van der Waals surface area contributed by atoms with Crippen molar-refractivity contribution >= 4 is 39.3 Å². The van der Waals surface area contributed by atoms with E-state index >= 15 is 0 Å². The highest BCUT2D eigenvalue weighted by atomic mass is 79.9. The van der Waals surface area contributed by atoms with Gasteiger partial charge in [0.1, 0.15) is 6.17 Å². The summed E-state index contributed by atoms with van der Waals surface area (Å²) in [6.07, 6.45) is 1.47. The highest BCUT2D eigenvalue weighted by Crippen LogP contribution is 2.34. The van der Waals surface area contributed by atoms with Gasteiger partial charge < -0.3 is 16.4 Å². The first-order valence-electron chi connectivity index (χ1n) is 5.88. The van der Waals surface area contributed by atoms with Gasteiger partial charge in [0.2, 0.25) is 0 Å². The molecule has 0 amide bonds. The zero-order chi connectivity index (χ0) is 13.4. The summed E-state index contributed by atoms with van der Waals surface area (Å²) in [5, 5.41) is 0. The second kappa shape index (κ2) is 4.68. The quantitative estimate of drug-likeness (QED) is 0.794. The van der Waals surface area contributed by atoms with Crippen molar-refractivity contribution < 1.29 is 0 Å². The van der Waals surface area contributed by atoms with E-state index in [9.17, 15) is 0 Å². The van der Waals surface area contributed by atoms with E-state index in [0.29, 0.717) is 5.69 Å². The Hall–Kier alpha value is -1.85. The van der Waals surface area contributed by atoms with Gasteiger partial charge in [-0.05, 0) is 36.4 Å². The summed E-state index contributed by atoms with van der Waals surface area (Å²) in [6.45, 7) is 0. The zero-order valence-electron chi connectivity index (χ0n) is 10.1. The molecule has 0 saturated carbocycles. The van der Waals surface area contributed by atoms with Gasteiger partial charge in [0.05, 0.1) is 12.0 Å². The predicted molar refractivity (Wildman–Crippen MR) is 82.6 cm³/mol. The minimum Gasteiger partial charge on any atom is -0.399 e. The molecule has 0 saturated heterocycles. The number of halogens is 1. The lowest BCUT2D eigenvalue weighted by molar-refractivity contribution is 0.750. The molecule has 96 valence electrons. The second-order valence-corrected chi connectivity index (χ2v) is 5.31. The van der Waals surface area contributed by atoms with Gasteiger partial charge >= 0.3 is 0 Å². The molecule has 0 radical (unpaired) electrons. The maximum Gasteiger partial charge on any atom is 0.111 e. The molecular formula is C14H13BrN4. The summed E-state index contributed by atoms with van der Waals surface area (Å²) in [5.74, 6) is 0. The molecule has 1 unspecified atom stereocenters. The average molecular weight is 317 g/mol. The van der Waals surface area contributed by atoms with Crippen molar-refractivity contribution in [3.63, 3.8) is 0 Å². The zero-order valence-corrected chi connectivity index (χ0v) is 11.7. The first-order valence-corrected chi connectivity index (χ1v) is 6.67. The van der Waals surface area contributed by atoms with Crippen molar-refractivity contribution in [2.75, 3.05) is 10.6 Å². The van der Waals surface area contributed by atoms with E-state index in [-0.39, 0.29) is 6.17 Å². The lowest BCUT2D eigenvalue weighted by Gasteiger charge is -2.31. The van der Waals surface area contributed by atoms with E-state index in [0.717, 1.165) is 21.4 Å². The lowest BCUT2D eigenvalue weighted by atomic mass is 10.1. The number of hydrogen-bond acceptors (Lipinski definition) is 4. The van der Waals surface area contributed by atoms with Crippen molar-refractivity contribution in [1.82, 2.24) is 0 Å². The van der Waals surface area contributed by atoms with Crippen LogP contribution in [-0.2, 0) is 0 Å². The average Bonchev–Trinajstić information content (AvgIpc) is 2.40. The summed E-state index contributed by atoms with van der Waals surface area (Å²) in [4.78, 5) is 6.35. The molecule has 1 atom stereocenters. The first kappa shape index (κ1) is 12.2. The van der Waals surface area contributed by atoms with Gasteiger partial charge in [0.25, 0.3) is 0 Å². The van der Waals surface area contributed by atoms with Crippen LogP contribution in [0.2, 0.25) is 0 Å². The minimum absolute atomic E-state index is 0.287. The molecule has 0 aromatic heterocycles. The summed E-state index contributed by atoms with van der Waals surface area (Å²) >= 11 is 3.46. The van der Waals surface area contributed by atoms with Crippen molar-refractivity contribution in [3.8, 4) is 0 Å². The van der Waals surface area contributed by atoms with Gasteiger partial charge in [-0.3, -0.25) is 0 Å². The van der Waals surface area contributed by atoms with E-state index in [4.69, 9.17) is 11.5 Å². The van der Waals surface area contributed by atoms with Crippen LogP contribution < -0.4 is 16.4 Å². The molecule has 5 heteroatoms. The maximum atomic E-state index is 6.31. The Balaban J connectivity index is 2.04. The van der Waals surface area contributed by atoms with E-state index in [2.05, 4.69) is 20.9 Å². The van der Waals surface area contributed by atoms with Crippen LogP contribution >= 0.6 is 15.9 Å². The van der Waals surface area contributed by atoms with E-state index in [1.54, 1.807) is 6.34 Å². The van der Waals surface area contributed by atoms with Crippen molar-refractivity contribution in [3.05, 3.63) is 52.5 Å². The van der Waals surface area contributed by atoms with Crippen LogP contribution in [0.3, 0.4) is 0 Å². The fourth-order valence-corrected chi connectivity index (χ4v) is 2.52. The number of fused-ring (bicyclic) bond motifs is 1. The molecule has 0 fully saturated rings. The molecule has 3 rings (SSSR count). The Morgan fingerprint density at radius 3 is 2.79 bits per heavy atom. The Morgan fingerprint density at radius 2 is 2.00 bits per heavy atom. The molecule has 2 aromatic rings. The summed E-state index contributed by atoms with van der Waals surface area (Å²) in [6, 6.07) is 13.5. The third kappa shape index (κ3) is 2.22. The molecule has 2 aromatic carbocycles. The number of nitrogen functional groups attached to an aromatic ring is 1. The first-order chi connectivity index (χ1) is 9.15. The normalized spacial score (nSPS) is 17.4. The van der Waals surface area contributed by atoms with Gasteiger partial charge in [-0.2, -0.15) is 0 Å².